The highest BCUT2D eigenvalue weighted by Gasteiger charge is 2.15. The molecule has 2 aromatic carbocycles. The number of rotatable bonds is 3. The summed E-state index contributed by atoms with van der Waals surface area (Å²) in [6, 6.07) is 16.0. The summed E-state index contributed by atoms with van der Waals surface area (Å²) in [5.74, 6) is 1.32. The number of hydrogen-bond acceptors (Lipinski definition) is 6. The molecule has 6 heteroatoms. The molecule has 6 nitrogen and oxygen atoms in total. The molecule has 0 amide bonds. The van der Waals surface area contributed by atoms with Gasteiger partial charge in [0.25, 0.3) is 5.89 Å². The van der Waals surface area contributed by atoms with Gasteiger partial charge < -0.3 is 13.7 Å². The van der Waals surface area contributed by atoms with Gasteiger partial charge >= 0.3 is 5.63 Å². The smallest absolute Gasteiger partial charge is 0.337 e. The van der Waals surface area contributed by atoms with Crippen molar-refractivity contribution < 1.29 is 13.7 Å². The van der Waals surface area contributed by atoms with Gasteiger partial charge in [0.2, 0.25) is 5.82 Å². The van der Waals surface area contributed by atoms with Gasteiger partial charge in [-0.25, -0.2) is 4.79 Å². The Hall–Kier alpha value is -3.41. The molecule has 2 heterocycles. The van der Waals surface area contributed by atoms with Gasteiger partial charge in [-0.2, -0.15) is 4.98 Å². The van der Waals surface area contributed by atoms with Crippen LogP contribution in [0.15, 0.2) is 68.3 Å². The van der Waals surface area contributed by atoms with Gasteiger partial charge in [-0.05, 0) is 12.1 Å². The maximum absolute atomic E-state index is 11.9. The lowest BCUT2D eigenvalue weighted by Crippen LogP contribution is -1.98. The Bertz CT molecular complexity index is 1070. The molecule has 0 unspecified atom stereocenters. The molecule has 4 rings (SSSR count). The summed E-state index contributed by atoms with van der Waals surface area (Å²) in [7, 11) is 1.55. The molecule has 0 saturated heterocycles. The van der Waals surface area contributed by atoms with E-state index in [-0.39, 0.29) is 5.89 Å². The topological polar surface area (TPSA) is 78.4 Å². The van der Waals surface area contributed by atoms with Crippen LogP contribution in [0, 0.1) is 0 Å². The van der Waals surface area contributed by atoms with Crippen molar-refractivity contribution in [3.8, 4) is 28.6 Å². The van der Waals surface area contributed by atoms with Gasteiger partial charge in [0.1, 0.15) is 11.3 Å². The number of methoxy groups -OCH3 is 1. The predicted octanol–water partition coefficient (Wildman–Crippen LogP) is 3.52. The lowest BCUT2D eigenvalue weighted by atomic mass is 10.1. The molecule has 0 spiro atoms. The van der Waals surface area contributed by atoms with Crippen LogP contribution in [0.4, 0.5) is 0 Å². The van der Waals surface area contributed by atoms with Crippen LogP contribution in [0.25, 0.3) is 33.8 Å². The Balaban J connectivity index is 1.88. The van der Waals surface area contributed by atoms with E-state index in [0.717, 1.165) is 5.56 Å². The fraction of sp³-hybridized carbons (Fsp3) is 0.0556. The molecule has 0 N–H and O–H groups in total. The number of ether oxygens (including phenoxy) is 1. The highest BCUT2D eigenvalue weighted by atomic mass is 16.5. The molecule has 24 heavy (non-hydrogen) atoms. The molecule has 0 aliphatic heterocycles. The zero-order chi connectivity index (χ0) is 16.5. The standard InChI is InChI=1S/C18H12N2O4/c1-22-12-7-8-13-14(10-16(21)23-15(13)9-12)18-19-17(20-24-18)11-5-3-2-4-6-11/h2-10H,1H3. The normalized spacial score (nSPS) is 10.9. The monoisotopic (exact) mass is 320 g/mol. The average Bonchev–Trinajstić information content (AvgIpc) is 3.11. The second-order valence-electron chi connectivity index (χ2n) is 5.13. The molecule has 118 valence electrons. The number of aromatic nitrogens is 2. The van der Waals surface area contributed by atoms with E-state index >= 15 is 0 Å². The van der Waals surface area contributed by atoms with Crippen molar-refractivity contribution in [3.63, 3.8) is 0 Å². The summed E-state index contributed by atoms with van der Waals surface area (Å²) in [6.45, 7) is 0. The molecule has 0 atom stereocenters. The first-order chi connectivity index (χ1) is 11.7. The van der Waals surface area contributed by atoms with Crippen molar-refractivity contribution >= 4 is 11.0 Å². The highest BCUT2D eigenvalue weighted by Crippen LogP contribution is 2.29. The second kappa shape index (κ2) is 5.66. The fourth-order valence-electron chi connectivity index (χ4n) is 2.48. The average molecular weight is 320 g/mol. The first-order valence-corrected chi connectivity index (χ1v) is 7.26. The van der Waals surface area contributed by atoms with Gasteiger partial charge in [-0.1, -0.05) is 35.5 Å². The van der Waals surface area contributed by atoms with Crippen LogP contribution >= 0.6 is 0 Å². The summed E-state index contributed by atoms with van der Waals surface area (Å²) in [5.41, 5.74) is 1.27. The summed E-state index contributed by atoms with van der Waals surface area (Å²) >= 11 is 0. The minimum absolute atomic E-state index is 0.261. The molecule has 0 aliphatic rings. The molecule has 2 aromatic heterocycles. The molecule has 4 aromatic rings. The number of benzene rings is 2. The molecule has 0 aliphatic carbocycles. The number of nitrogens with zero attached hydrogens (tertiary/aromatic N) is 2. The van der Waals surface area contributed by atoms with Crippen molar-refractivity contribution in [2.24, 2.45) is 0 Å². The van der Waals surface area contributed by atoms with Crippen LogP contribution in [0.2, 0.25) is 0 Å². The quantitative estimate of drug-likeness (QED) is 0.537. The molecular weight excluding hydrogens is 308 g/mol. The van der Waals surface area contributed by atoms with Gasteiger partial charge in [-0.3, -0.25) is 0 Å². The highest BCUT2D eigenvalue weighted by molar-refractivity contribution is 5.91. The first-order valence-electron chi connectivity index (χ1n) is 7.26. The van der Waals surface area contributed by atoms with E-state index in [0.29, 0.717) is 28.1 Å². The van der Waals surface area contributed by atoms with Crippen molar-refractivity contribution in [2.45, 2.75) is 0 Å². The molecule has 0 bridgehead atoms. The van der Waals surface area contributed by atoms with E-state index in [4.69, 9.17) is 13.7 Å². The van der Waals surface area contributed by atoms with Gasteiger partial charge in [0.15, 0.2) is 0 Å². The van der Waals surface area contributed by atoms with Crippen LogP contribution < -0.4 is 10.4 Å². The van der Waals surface area contributed by atoms with Gasteiger partial charge in [-0.15, -0.1) is 0 Å². The number of hydrogen-bond donors (Lipinski definition) is 0. The molecule has 0 radical (unpaired) electrons. The van der Waals surface area contributed by atoms with Crippen molar-refractivity contribution in [3.05, 3.63) is 65.0 Å². The maximum Gasteiger partial charge on any atom is 0.337 e. The van der Waals surface area contributed by atoms with Crippen LogP contribution in [0.1, 0.15) is 0 Å². The van der Waals surface area contributed by atoms with Crippen LogP contribution in [0.5, 0.6) is 5.75 Å². The molecule has 0 fully saturated rings. The van der Waals surface area contributed by atoms with Gasteiger partial charge in [0.05, 0.1) is 12.7 Å². The third-order valence-corrected chi connectivity index (χ3v) is 3.64. The van der Waals surface area contributed by atoms with E-state index in [2.05, 4.69) is 10.1 Å². The maximum atomic E-state index is 11.9. The summed E-state index contributed by atoms with van der Waals surface area (Å²) in [6.07, 6.45) is 0. The Morgan fingerprint density at radius 1 is 1.04 bits per heavy atom. The lowest BCUT2D eigenvalue weighted by molar-refractivity contribution is 0.414. The molecular formula is C18H12N2O4. The summed E-state index contributed by atoms with van der Waals surface area (Å²) in [4.78, 5) is 16.3. The van der Waals surface area contributed by atoms with Crippen molar-refractivity contribution in [1.82, 2.24) is 10.1 Å². The Morgan fingerprint density at radius 3 is 2.67 bits per heavy atom. The zero-order valence-corrected chi connectivity index (χ0v) is 12.7. The Morgan fingerprint density at radius 2 is 1.88 bits per heavy atom. The van der Waals surface area contributed by atoms with E-state index in [9.17, 15) is 4.79 Å². The van der Waals surface area contributed by atoms with Crippen molar-refractivity contribution in [2.75, 3.05) is 7.11 Å². The van der Waals surface area contributed by atoms with E-state index in [1.807, 2.05) is 30.3 Å². The summed E-state index contributed by atoms with van der Waals surface area (Å²) < 4.78 is 15.7. The first kappa shape index (κ1) is 14.2. The summed E-state index contributed by atoms with van der Waals surface area (Å²) in [5, 5.41) is 4.68. The third-order valence-electron chi connectivity index (χ3n) is 3.64. The van der Waals surface area contributed by atoms with E-state index < -0.39 is 5.63 Å². The molecule has 0 saturated carbocycles. The third kappa shape index (κ3) is 2.44. The zero-order valence-electron chi connectivity index (χ0n) is 12.7. The predicted molar refractivity (Wildman–Crippen MR) is 87.8 cm³/mol. The Labute approximate surface area is 136 Å². The fourth-order valence-corrected chi connectivity index (χ4v) is 2.48. The minimum atomic E-state index is -0.495. The van der Waals surface area contributed by atoms with Gasteiger partial charge in [0, 0.05) is 23.1 Å². The number of fused-ring (bicyclic) bond motifs is 1. The van der Waals surface area contributed by atoms with Crippen LogP contribution in [-0.2, 0) is 0 Å². The minimum Gasteiger partial charge on any atom is -0.497 e. The van der Waals surface area contributed by atoms with E-state index in [1.165, 1.54) is 6.07 Å². The van der Waals surface area contributed by atoms with E-state index in [1.54, 1.807) is 25.3 Å². The lowest BCUT2D eigenvalue weighted by Gasteiger charge is -2.03. The SMILES string of the molecule is COc1ccc2c(-c3nc(-c4ccccc4)no3)cc(=O)oc2c1. The van der Waals surface area contributed by atoms with Crippen LogP contribution in [-0.4, -0.2) is 17.3 Å². The van der Waals surface area contributed by atoms with Crippen LogP contribution in [0.3, 0.4) is 0 Å². The Kier molecular flexibility index (Phi) is 3.35. The van der Waals surface area contributed by atoms with Crippen molar-refractivity contribution in [1.29, 1.82) is 0 Å². The largest absolute Gasteiger partial charge is 0.497 e. The second-order valence-corrected chi connectivity index (χ2v) is 5.13.